The molecule has 9 heteroatoms. The molecule has 0 bridgehead atoms. The van der Waals surface area contributed by atoms with Gasteiger partial charge in [-0.05, 0) is 84.9 Å². The summed E-state index contributed by atoms with van der Waals surface area (Å²) in [5.41, 5.74) is 0.188. The third-order valence-electron chi connectivity index (χ3n) is 7.56. The highest BCUT2D eigenvalue weighted by molar-refractivity contribution is 5.97. The molecule has 0 aromatic heterocycles. The molecule has 0 heterocycles. The average molecular weight is 662 g/mol. The summed E-state index contributed by atoms with van der Waals surface area (Å²) in [6.07, 6.45) is 15.8. The Balaban J connectivity index is 2.68. The van der Waals surface area contributed by atoms with Crippen molar-refractivity contribution in [3.8, 4) is 5.75 Å². The highest BCUT2D eigenvalue weighted by atomic mass is 16.6. The number of alkyl carbamates (subject to hydrolysis) is 2. The van der Waals surface area contributed by atoms with Crippen molar-refractivity contribution in [1.29, 1.82) is 0 Å². The number of hydrogen-bond donors (Lipinski definition) is 3. The number of carbonyl (C=O) groups excluding carboxylic acids is 3. The molecule has 0 saturated heterocycles. The van der Waals surface area contributed by atoms with Crippen molar-refractivity contribution in [2.75, 3.05) is 19.7 Å². The van der Waals surface area contributed by atoms with Gasteiger partial charge in [-0.2, -0.15) is 0 Å². The number of carbonyl (C=O) groups is 3. The van der Waals surface area contributed by atoms with Crippen LogP contribution < -0.4 is 20.7 Å². The fraction of sp³-hybridized carbons (Fsp3) is 0.763. The van der Waals surface area contributed by atoms with E-state index in [-0.39, 0.29) is 11.9 Å². The van der Waals surface area contributed by atoms with Crippen molar-refractivity contribution in [3.05, 3.63) is 29.3 Å². The Morgan fingerprint density at radius 3 is 1.72 bits per heavy atom. The minimum absolute atomic E-state index is 0.191. The van der Waals surface area contributed by atoms with Crippen LogP contribution >= 0.6 is 0 Å². The summed E-state index contributed by atoms with van der Waals surface area (Å²) in [6.45, 7) is 16.9. The van der Waals surface area contributed by atoms with Crippen LogP contribution in [0.25, 0.3) is 0 Å². The topological polar surface area (TPSA) is 115 Å². The Morgan fingerprint density at radius 2 is 1.17 bits per heavy atom. The standard InChI is InChI=1S/C38H67N3O6/c1-9-11-12-13-14-15-16-17-20-23-28-45-33-25-24-30(32(10-2)41-36(44)47-38(6,7)8)29-31(33)34(42)39-26-21-18-19-22-27-40-35(43)46-37(3,4)5/h24-25,29,32H,9-23,26-28H2,1-8H3,(H,39,42)(H,40,43)(H,41,44). The van der Waals surface area contributed by atoms with Gasteiger partial charge in [0.1, 0.15) is 17.0 Å². The molecule has 47 heavy (non-hydrogen) atoms. The fourth-order valence-corrected chi connectivity index (χ4v) is 5.12. The van der Waals surface area contributed by atoms with E-state index in [4.69, 9.17) is 14.2 Å². The zero-order valence-electron chi connectivity index (χ0n) is 31.0. The number of unbranched alkanes of at least 4 members (excludes halogenated alkanes) is 12. The molecule has 9 nitrogen and oxygen atoms in total. The van der Waals surface area contributed by atoms with Crippen LogP contribution in [0.3, 0.4) is 0 Å². The molecule has 1 unspecified atom stereocenters. The van der Waals surface area contributed by atoms with Gasteiger partial charge in [0.25, 0.3) is 5.91 Å². The molecule has 3 N–H and O–H groups in total. The lowest BCUT2D eigenvalue weighted by molar-refractivity contribution is 0.0497. The Kier molecular flexibility index (Phi) is 20.9. The van der Waals surface area contributed by atoms with Crippen LogP contribution in [0.5, 0.6) is 5.75 Å². The van der Waals surface area contributed by atoms with Crippen molar-refractivity contribution in [2.45, 2.75) is 169 Å². The molecule has 1 aromatic carbocycles. The van der Waals surface area contributed by atoms with E-state index in [1.807, 2.05) is 66.7 Å². The lowest BCUT2D eigenvalue weighted by Gasteiger charge is -2.24. The van der Waals surface area contributed by atoms with Crippen LogP contribution in [0.4, 0.5) is 9.59 Å². The van der Waals surface area contributed by atoms with E-state index in [9.17, 15) is 14.4 Å². The van der Waals surface area contributed by atoms with Crippen LogP contribution in [0.1, 0.15) is 174 Å². The maximum Gasteiger partial charge on any atom is 0.408 e. The first-order chi connectivity index (χ1) is 22.3. The van der Waals surface area contributed by atoms with Gasteiger partial charge in [0, 0.05) is 13.1 Å². The van der Waals surface area contributed by atoms with Crippen LogP contribution in [0, 0.1) is 0 Å². The fourth-order valence-electron chi connectivity index (χ4n) is 5.12. The van der Waals surface area contributed by atoms with Gasteiger partial charge < -0.3 is 30.2 Å². The maximum atomic E-state index is 13.4. The van der Waals surface area contributed by atoms with Crippen LogP contribution in [0.15, 0.2) is 18.2 Å². The number of hydrogen-bond acceptors (Lipinski definition) is 6. The molecule has 0 aliphatic heterocycles. The Hall–Kier alpha value is -2.97. The molecule has 0 spiro atoms. The number of ether oxygens (including phenoxy) is 3. The summed E-state index contributed by atoms with van der Waals surface area (Å²) < 4.78 is 16.9. The predicted octanol–water partition coefficient (Wildman–Crippen LogP) is 9.78. The molecule has 1 aromatic rings. The molecule has 0 aliphatic rings. The third-order valence-corrected chi connectivity index (χ3v) is 7.56. The number of benzene rings is 1. The number of rotatable bonds is 23. The second-order valence-corrected chi connectivity index (χ2v) is 14.5. The molecule has 1 atom stereocenters. The Bertz CT molecular complexity index is 1030. The third kappa shape index (κ3) is 21.5. The van der Waals surface area contributed by atoms with Crippen LogP contribution in [0.2, 0.25) is 0 Å². The van der Waals surface area contributed by atoms with E-state index in [0.29, 0.717) is 37.4 Å². The minimum Gasteiger partial charge on any atom is -0.493 e. The highest BCUT2D eigenvalue weighted by Crippen LogP contribution is 2.26. The van der Waals surface area contributed by atoms with Crippen molar-refractivity contribution >= 4 is 18.1 Å². The SMILES string of the molecule is CCCCCCCCCCCCOc1ccc(C(CC)NC(=O)OC(C)(C)C)cc1C(=O)NCCCCCCNC(=O)OC(C)(C)C. The normalized spacial score (nSPS) is 12.3. The van der Waals surface area contributed by atoms with E-state index in [1.54, 1.807) is 0 Å². The maximum absolute atomic E-state index is 13.4. The van der Waals surface area contributed by atoms with Gasteiger partial charge in [0.2, 0.25) is 0 Å². The van der Waals surface area contributed by atoms with Gasteiger partial charge in [-0.15, -0.1) is 0 Å². The van der Waals surface area contributed by atoms with Crippen LogP contribution in [-0.4, -0.2) is 49.0 Å². The summed E-state index contributed by atoms with van der Waals surface area (Å²) >= 11 is 0. The molecule has 0 saturated carbocycles. The molecule has 3 amide bonds. The minimum atomic E-state index is -0.603. The van der Waals surface area contributed by atoms with E-state index >= 15 is 0 Å². The molecule has 0 fully saturated rings. The Labute approximate surface area is 286 Å². The van der Waals surface area contributed by atoms with E-state index < -0.39 is 23.4 Å². The van der Waals surface area contributed by atoms with Gasteiger partial charge in [-0.25, -0.2) is 9.59 Å². The zero-order valence-corrected chi connectivity index (χ0v) is 31.0. The first-order valence-corrected chi connectivity index (χ1v) is 18.3. The molecule has 0 radical (unpaired) electrons. The molecule has 1 rings (SSSR count). The van der Waals surface area contributed by atoms with Gasteiger partial charge >= 0.3 is 12.2 Å². The smallest absolute Gasteiger partial charge is 0.408 e. The highest BCUT2D eigenvalue weighted by Gasteiger charge is 2.22. The number of nitrogens with one attached hydrogen (secondary N) is 3. The number of amides is 3. The zero-order chi connectivity index (χ0) is 35.1. The van der Waals surface area contributed by atoms with Gasteiger partial charge in [0.15, 0.2) is 0 Å². The van der Waals surface area contributed by atoms with E-state index in [2.05, 4.69) is 22.9 Å². The van der Waals surface area contributed by atoms with Crippen molar-refractivity contribution in [3.63, 3.8) is 0 Å². The molecular weight excluding hydrogens is 594 g/mol. The summed E-state index contributed by atoms with van der Waals surface area (Å²) in [6, 6.07) is 5.29. The summed E-state index contributed by atoms with van der Waals surface area (Å²) in [4.78, 5) is 37.7. The van der Waals surface area contributed by atoms with Crippen molar-refractivity contribution in [1.82, 2.24) is 16.0 Å². The first-order valence-electron chi connectivity index (χ1n) is 18.3. The summed E-state index contributed by atoms with van der Waals surface area (Å²) in [5.74, 6) is 0.367. The Morgan fingerprint density at radius 1 is 0.660 bits per heavy atom. The van der Waals surface area contributed by atoms with Gasteiger partial charge in [-0.3, -0.25) is 4.79 Å². The molecule has 270 valence electrons. The monoisotopic (exact) mass is 662 g/mol. The second-order valence-electron chi connectivity index (χ2n) is 14.5. The summed E-state index contributed by atoms with van der Waals surface area (Å²) in [5, 5.41) is 8.78. The lowest BCUT2D eigenvalue weighted by atomic mass is 10.0. The van der Waals surface area contributed by atoms with Gasteiger partial charge in [-0.1, -0.05) is 90.5 Å². The first kappa shape index (κ1) is 42.1. The quantitative estimate of drug-likeness (QED) is 0.101. The lowest BCUT2D eigenvalue weighted by Crippen LogP contribution is -2.35. The van der Waals surface area contributed by atoms with E-state index in [0.717, 1.165) is 44.1 Å². The van der Waals surface area contributed by atoms with E-state index in [1.165, 1.54) is 51.4 Å². The van der Waals surface area contributed by atoms with Gasteiger partial charge in [0.05, 0.1) is 18.2 Å². The largest absolute Gasteiger partial charge is 0.493 e. The molecule has 0 aliphatic carbocycles. The van der Waals surface area contributed by atoms with Crippen molar-refractivity contribution in [2.24, 2.45) is 0 Å². The average Bonchev–Trinajstić information content (AvgIpc) is 2.98. The second kappa shape index (κ2) is 23.4. The summed E-state index contributed by atoms with van der Waals surface area (Å²) in [7, 11) is 0. The predicted molar refractivity (Wildman–Crippen MR) is 191 cm³/mol. The van der Waals surface area contributed by atoms with Crippen molar-refractivity contribution < 1.29 is 28.6 Å². The molecular formula is C38H67N3O6. The van der Waals surface area contributed by atoms with Crippen LogP contribution in [-0.2, 0) is 9.47 Å².